The third kappa shape index (κ3) is 28.8. The number of aliphatic hydroxyl groups is 2. The Hall–Kier alpha value is -1.22. The molecule has 0 aliphatic heterocycles. The van der Waals surface area contributed by atoms with Crippen molar-refractivity contribution < 1.29 is 62.8 Å². The normalized spacial score (nSPS) is 11.3. The quantitative estimate of drug-likeness (QED) is 0.0676. The summed E-state index contributed by atoms with van der Waals surface area (Å²) in [5.74, 6) is 1.49. The van der Waals surface area contributed by atoms with Crippen LogP contribution in [0.1, 0.15) is 194 Å². The van der Waals surface area contributed by atoms with Crippen LogP contribution in [0.2, 0.25) is 0 Å². The van der Waals surface area contributed by atoms with Crippen LogP contribution in [0.25, 0.3) is 0 Å². The molecule has 0 atom stereocenters. The predicted octanol–water partition coefficient (Wildman–Crippen LogP) is 5.66. The van der Waals surface area contributed by atoms with Crippen LogP contribution in [0.3, 0.4) is 0 Å². The van der Waals surface area contributed by atoms with E-state index >= 15 is 0 Å². The highest BCUT2D eigenvalue weighted by Crippen LogP contribution is 2.21. The van der Waals surface area contributed by atoms with Gasteiger partial charge in [0.25, 0.3) is 0 Å². The Morgan fingerprint density at radius 1 is 0.436 bits per heavy atom. The van der Waals surface area contributed by atoms with Gasteiger partial charge < -0.3 is 53.6 Å². The number of nitrogens with zero attached hydrogens (tertiary/aromatic N) is 2. The number of ether oxygens (including phenoxy) is 2. The highest BCUT2D eigenvalue weighted by atomic mass is 79.9. The van der Waals surface area contributed by atoms with Gasteiger partial charge in [0.2, 0.25) is 12.4 Å². The molecule has 0 bridgehead atoms. The molecule has 0 spiro atoms. The fraction of sp³-hybridized carbons (Fsp3) is 0.787. The van der Waals surface area contributed by atoms with E-state index in [-0.39, 0.29) is 60.4 Å². The van der Waals surface area contributed by atoms with Crippen LogP contribution >= 0.6 is 0 Å². The first-order valence-electron chi connectivity index (χ1n) is 22.6. The molecule has 2 aromatic heterocycles. The average molecular weight is 901 g/mol. The van der Waals surface area contributed by atoms with Gasteiger partial charge in [-0.05, 0) is 25.0 Å². The lowest BCUT2D eigenvalue weighted by molar-refractivity contribution is -0.697. The standard InChI is InChI=1S/C47H84N2O4.2BrH/c1-3-5-7-9-11-13-15-17-19-21-23-25-27-29-35-48-37-31-33-45(39-48)52-43-47(41-50,42-51)44-53-46-34-32-38-49(40-46)36-30-28-26-24-22-20-18-16-14-12-10-8-6-4-2;;/h31-34,37-40,50-51H,3-30,35-36,41-44H2,1-2H3;2*1H/q+2;;/p-2. The van der Waals surface area contributed by atoms with Crippen molar-refractivity contribution in [1.82, 2.24) is 0 Å². The summed E-state index contributed by atoms with van der Waals surface area (Å²) in [5.41, 5.74) is -0.898. The molecule has 2 rings (SSSR count). The van der Waals surface area contributed by atoms with Crippen molar-refractivity contribution in [2.24, 2.45) is 5.41 Å². The van der Waals surface area contributed by atoms with E-state index in [2.05, 4.69) is 35.4 Å². The molecule has 0 saturated carbocycles. The third-order valence-corrected chi connectivity index (χ3v) is 11.0. The van der Waals surface area contributed by atoms with E-state index in [1.807, 2.05) is 36.7 Å². The van der Waals surface area contributed by atoms with Crippen molar-refractivity contribution in [3.8, 4) is 11.5 Å². The summed E-state index contributed by atoms with van der Waals surface area (Å²) >= 11 is 0. The van der Waals surface area contributed by atoms with Crippen LogP contribution in [0.4, 0.5) is 0 Å². The second kappa shape index (κ2) is 38.3. The van der Waals surface area contributed by atoms with E-state index in [4.69, 9.17) is 9.47 Å². The van der Waals surface area contributed by atoms with Gasteiger partial charge in [-0.3, -0.25) is 0 Å². The fourth-order valence-electron chi connectivity index (χ4n) is 7.17. The number of rotatable bonds is 38. The van der Waals surface area contributed by atoms with Gasteiger partial charge in [0, 0.05) is 25.0 Å². The van der Waals surface area contributed by atoms with Crippen LogP contribution < -0.4 is 52.6 Å². The number of aliphatic hydroxyl groups excluding tert-OH is 2. The van der Waals surface area contributed by atoms with E-state index in [1.54, 1.807) is 0 Å². The molecule has 2 heterocycles. The summed E-state index contributed by atoms with van der Waals surface area (Å²) < 4.78 is 16.7. The lowest BCUT2D eigenvalue weighted by atomic mass is 9.92. The molecule has 320 valence electrons. The molecule has 8 heteroatoms. The van der Waals surface area contributed by atoms with Crippen molar-refractivity contribution in [1.29, 1.82) is 0 Å². The topological polar surface area (TPSA) is 66.7 Å². The van der Waals surface area contributed by atoms with E-state index in [9.17, 15) is 10.2 Å². The number of unbranched alkanes of at least 4 members (excludes halogenated alkanes) is 26. The van der Waals surface area contributed by atoms with Gasteiger partial charge >= 0.3 is 0 Å². The SMILES string of the molecule is CCCCCCCCCCCCCCCC[n+]1cccc(OCC(CO)(CO)COc2ccc[n+](CCCCCCCCCCCCCCCC)c2)c1.[Br-].[Br-]. The van der Waals surface area contributed by atoms with Crippen LogP contribution in [-0.4, -0.2) is 36.6 Å². The van der Waals surface area contributed by atoms with Crippen molar-refractivity contribution in [2.75, 3.05) is 26.4 Å². The number of pyridine rings is 2. The van der Waals surface area contributed by atoms with Crippen molar-refractivity contribution >= 4 is 0 Å². The van der Waals surface area contributed by atoms with Gasteiger partial charge in [0.1, 0.15) is 26.3 Å². The maximum atomic E-state index is 10.3. The number of aryl methyl sites for hydroxylation is 2. The Balaban J connectivity index is 0.0000146. The Labute approximate surface area is 360 Å². The van der Waals surface area contributed by atoms with Gasteiger partial charge in [-0.25, -0.2) is 9.13 Å². The molecule has 55 heavy (non-hydrogen) atoms. The molecule has 0 radical (unpaired) electrons. The van der Waals surface area contributed by atoms with Gasteiger partial charge in [-0.2, -0.15) is 0 Å². The van der Waals surface area contributed by atoms with Gasteiger partial charge in [-0.15, -0.1) is 0 Å². The number of aromatic nitrogens is 2. The summed E-state index contributed by atoms with van der Waals surface area (Å²) in [7, 11) is 0. The largest absolute Gasteiger partial charge is 1.00 e. The minimum atomic E-state index is -0.898. The second-order valence-corrected chi connectivity index (χ2v) is 16.1. The summed E-state index contributed by atoms with van der Waals surface area (Å²) in [5, 5.41) is 20.6. The predicted molar refractivity (Wildman–Crippen MR) is 221 cm³/mol. The molecule has 0 aromatic carbocycles. The maximum Gasteiger partial charge on any atom is 0.211 e. The van der Waals surface area contributed by atoms with Crippen molar-refractivity contribution in [3.63, 3.8) is 0 Å². The molecule has 6 nitrogen and oxygen atoms in total. The van der Waals surface area contributed by atoms with E-state index in [0.717, 1.165) is 37.4 Å². The zero-order chi connectivity index (χ0) is 37.9. The summed E-state index contributed by atoms with van der Waals surface area (Å²) in [6.07, 6.45) is 46.4. The van der Waals surface area contributed by atoms with Gasteiger partial charge in [0.05, 0.1) is 18.6 Å². The molecular formula is C47H84Br2N2O4. The molecule has 0 aliphatic carbocycles. The molecule has 2 aromatic rings. The summed E-state index contributed by atoms with van der Waals surface area (Å²) in [6.45, 7) is 6.42. The fourth-order valence-corrected chi connectivity index (χ4v) is 7.17. The number of halogens is 2. The highest BCUT2D eigenvalue weighted by molar-refractivity contribution is 5.14. The van der Waals surface area contributed by atoms with Crippen molar-refractivity contribution in [2.45, 2.75) is 207 Å². The summed E-state index contributed by atoms with van der Waals surface area (Å²) in [6, 6.07) is 7.91. The smallest absolute Gasteiger partial charge is 0.211 e. The van der Waals surface area contributed by atoms with Crippen LogP contribution in [0.15, 0.2) is 49.1 Å². The van der Waals surface area contributed by atoms with Crippen LogP contribution in [0, 0.1) is 5.41 Å². The lowest BCUT2D eigenvalue weighted by Gasteiger charge is -2.29. The number of hydrogen-bond acceptors (Lipinski definition) is 4. The second-order valence-electron chi connectivity index (χ2n) is 16.1. The molecule has 0 saturated heterocycles. The first kappa shape index (κ1) is 53.8. The molecule has 2 N–H and O–H groups in total. The maximum absolute atomic E-state index is 10.3. The minimum Gasteiger partial charge on any atom is -1.00 e. The molecule has 0 unspecified atom stereocenters. The Bertz CT molecular complexity index is 1020. The first-order valence-corrected chi connectivity index (χ1v) is 22.6. The molecule has 0 amide bonds. The monoisotopic (exact) mass is 898 g/mol. The average Bonchev–Trinajstić information content (AvgIpc) is 3.19. The lowest BCUT2D eigenvalue weighted by Crippen LogP contribution is -3.00. The van der Waals surface area contributed by atoms with E-state index in [0.29, 0.717) is 0 Å². The van der Waals surface area contributed by atoms with Gasteiger partial charge in [0.15, 0.2) is 23.9 Å². The first-order chi connectivity index (χ1) is 26.1. The third-order valence-electron chi connectivity index (χ3n) is 11.0. The highest BCUT2D eigenvalue weighted by Gasteiger charge is 2.32. The molecular weight excluding hydrogens is 816 g/mol. The molecule has 0 aliphatic rings. The zero-order valence-electron chi connectivity index (χ0n) is 35.5. The van der Waals surface area contributed by atoms with Gasteiger partial charge in [-0.1, -0.05) is 168 Å². The zero-order valence-corrected chi connectivity index (χ0v) is 38.7. The van der Waals surface area contributed by atoms with Crippen LogP contribution in [-0.2, 0) is 13.1 Å². The Morgan fingerprint density at radius 2 is 0.709 bits per heavy atom. The Kier molecular flexibility index (Phi) is 37.5. The summed E-state index contributed by atoms with van der Waals surface area (Å²) in [4.78, 5) is 0. The molecule has 0 fully saturated rings. The van der Waals surface area contributed by atoms with E-state index in [1.165, 1.54) is 167 Å². The Morgan fingerprint density at radius 3 is 0.982 bits per heavy atom. The number of hydrogen-bond donors (Lipinski definition) is 2. The van der Waals surface area contributed by atoms with E-state index < -0.39 is 5.41 Å². The minimum absolute atomic E-state index is 0. The van der Waals surface area contributed by atoms with Crippen LogP contribution in [0.5, 0.6) is 11.5 Å². The van der Waals surface area contributed by atoms with Crippen molar-refractivity contribution in [3.05, 3.63) is 49.1 Å².